The third-order valence-electron chi connectivity index (χ3n) is 4.39. The standard InChI is InChI=1S/C23H16F5N3O2/c1-2-32-17-9-13(7-8-16(17)33-12-15-6-4-3-5-14(15)10-29)11-30-31-23-21(27)19(25)18(24)20(26)22(23)28/h3-9,11,31H,2,12H2,1H3/b30-11+. The van der Waals surface area contributed by atoms with Crippen LogP contribution in [0.1, 0.15) is 23.6 Å². The van der Waals surface area contributed by atoms with Crippen LogP contribution in [0, 0.1) is 40.4 Å². The molecule has 0 aromatic heterocycles. The van der Waals surface area contributed by atoms with Gasteiger partial charge in [-0.15, -0.1) is 0 Å². The number of halogens is 5. The molecule has 5 nitrogen and oxygen atoms in total. The lowest BCUT2D eigenvalue weighted by molar-refractivity contribution is 0.269. The second-order valence-corrected chi connectivity index (χ2v) is 6.51. The largest absolute Gasteiger partial charge is 0.490 e. The smallest absolute Gasteiger partial charge is 0.200 e. The van der Waals surface area contributed by atoms with E-state index in [0.29, 0.717) is 34.8 Å². The molecule has 170 valence electrons. The minimum Gasteiger partial charge on any atom is -0.490 e. The summed E-state index contributed by atoms with van der Waals surface area (Å²) in [4.78, 5) is 0. The number of anilines is 1. The predicted molar refractivity (Wildman–Crippen MR) is 111 cm³/mol. The minimum absolute atomic E-state index is 0.110. The van der Waals surface area contributed by atoms with Gasteiger partial charge < -0.3 is 9.47 Å². The van der Waals surface area contributed by atoms with Crippen LogP contribution in [0.25, 0.3) is 0 Å². The summed E-state index contributed by atoms with van der Waals surface area (Å²) >= 11 is 0. The van der Waals surface area contributed by atoms with Gasteiger partial charge in [-0.1, -0.05) is 18.2 Å². The lowest BCUT2D eigenvalue weighted by Gasteiger charge is -2.13. The number of hydrogen-bond donors (Lipinski definition) is 1. The van der Waals surface area contributed by atoms with Gasteiger partial charge in [0.1, 0.15) is 12.3 Å². The third-order valence-corrected chi connectivity index (χ3v) is 4.39. The van der Waals surface area contributed by atoms with Crippen LogP contribution in [-0.4, -0.2) is 12.8 Å². The molecule has 3 rings (SSSR count). The Balaban J connectivity index is 1.78. The highest BCUT2D eigenvalue weighted by atomic mass is 19.2. The van der Waals surface area contributed by atoms with E-state index < -0.39 is 34.8 Å². The average molecular weight is 461 g/mol. The molecule has 0 bridgehead atoms. The highest BCUT2D eigenvalue weighted by Crippen LogP contribution is 2.30. The van der Waals surface area contributed by atoms with E-state index in [0.717, 1.165) is 6.21 Å². The maximum Gasteiger partial charge on any atom is 0.200 e. The fraction of sp³-hybridized carbons (Fsp3) is 0.130. The van der Waals surface area contributed by atoms with Crippen molar-refractivity contribution in [3.05, 3.63) is 88.2 Å². The van der Waals surface area contributed by atoms with Crippen LogP contribution in [0.3, 0.4) is 0 Å². The topological polar surface area (TPSA) is 66.6 Å². The summed E-state index contributed by atoms with van der Waals surface area (Å²) in [6, 6.07) is 13.6. The molecule has 0 unspecified atom stereocenters. The molecule has 0 amide bonds. The SMILES string of the molecule is CCOc1cc(/C=N/Nc2c(F)c(F)c(F)c(F)c2F)ccc1OCc1ccccc1C#N. The Hall–Kier alpha value is -4.13. The van der Waals surface area contributed by atoms with E-state index >= 15 is 0 Å². The number of hydrazone groups is 1. The maximum absolute atomic E-state index is 13.7. The zero-order chi connectivity index (χ0) is 24.0. The number of ether oxygens (including phenoxy) is 2. The number of rotatable bonds is 8. The zero-order valence-corrected chi connectivity index (χ0v) is 17.1. The van der Waals surface area contributed by atoms with Crippen molar-refractivity contribution in [1.29, 1.82) is 5.26 Å². The first-order chi connectivity index (χ1) is 15.9. The van der Waals surface area contributed by atoms with Crippen molar-refractivity contribution in [2.24, 2.45) is 5.10 Å². The second-order valence-electron chi connectivity index (χ2n) is 6.51. The summed E-state index contributed by atoms with van der Waals surface area (Å²) in [6.07, 6.45) is 1.11. The lowest BCUT2D eigenvalue weighted by Crippen LogP contribution is -2.06. The molecule has 0 spiro atoms. The van der Waals surface area contributed by atoms with Crippen LogP contribution in [-0.2, 0) is 6.61 Å². The van der Waals surface area contributed by atoms with Crippen LogP contribution in [0.4, 0.5) is 27.6 Å². The van der Waals surface area contributed by atoms with E-state index in [1.807, 2.05) is 5.43 Å². The van der Waals surface area contributed by atoms with Gasteiger partial charge in [0.05, 0.1) is 24.5 Å². The van der Waals surface area contributed by atoms with Gasteiger partial charge in [-0.2, -0.15) is 10.4 Å². The van der Waals surface area contributed by atoms with E-state index in [-0.39, 0.29) is 6.61 Å². The molecule has 0 saturated heterocycles. The average Bonchev–Trinajstić information content (AvgIpc) is 2.83. The molecule has 0 aliphatic heterocycles. The molecule has 1 N–H and O–H groups in total. The highest BCUT2D eigenvalue weighted by molar-refractivity contribution is 5.81. The molecule has 3 aromatic rings. The van der Waals surface area contributed by atoms with Crippen LogP contribution >= 0.6 is 0 Å². The molecule has 0 radical (unpaired) electrons. The molecule has 10 heteroatoms. The van der Waals surface area contributed by atoms with Crippen molar-refractivity contribution in [2.45, 2.75) is 13.5 Å². The Labute approximate surface area is 185 Å². The van der Waals surface area contributed by atoms with Crippen molar-refractivity contribution >= 4 is 11.9 Å². The Kier molecular flexibility index (Phi) is 7.46. The Morgan fingerprint density at radius 2 is 1.58 bits per heavy atom. The monoisotopic (exact) mass is 461 g/mol. The molecule has 33 heavy (non-hydrogen) atoms. The number of benzene rings is 3. The summed E-state index contributed by atoms with van der Waals surface area (Å²) in [5.74, 6) is -9.77. The molecule has 0 aliphatic rings. The van der Waals surface area contributed by atoms with Gasteiger partial charge in [0.2, 0.25) is 5.82 Å². The number of nitrogens with zero attached hydrogens (tertiary/aromatic N) is 2. The normalized spacial score (nSPS) is 10.8. The van der Waals surface area contributed by atoms with Gasteiger partial charge in [0.15, 0.2) is 34.8 Å². The van der Waals surface area contributed by atoms with Gasteiger partial charge in [-0.25, -0.2) is 22.0 Å². The van der Waals surface area contributed by atoms with Crippen molar-refractivity contribution < 1.29 is 31.4 Å². The van der Waals surface area contributed by atoms with E-state index in [2.05, 4.69) is 11.2 Å². The van der Waals surface area contributed by atoms with Gasteiger partial charge >= 0.3 is 0 Å². The summed E-state index contributed by atoms with van der Waals surface area (Å²) in [5.41, 5.74) is 2.10. The van der Waals surface area contributed by atoms with E-state index in [1.165, 1.54) is 12.1 Å². The Bertz CT molecular complexity index is 1210. The quantitative estimate of drug-likeness (QED) is 0.154. The number of hydrogen-bond acceptors (Lipinski definition) is 5. The molecule has 3 aromatic carbocycles. The summed E-state index contributed by atoms with van der Waals surface area (Å²) in [6.45, 7) is 2.16. The van der Waals surface area contributed by atoms with Crippen molar-refractivity contribution in [1.82, 2.24) is 0 Å². The van der Waals surface area contributed by atoms with Crippen LogP contribution in [0.15, 0.2) is 47.6 Å². The van der Waals surface area contributed by atoms with Gasteiger partial charge in [-0.3, -0.25) is 5.43 Å². The second kappa shape index (κ2) is 10.5. The minimum atomic E-state index is -2.26. The molecule has 0 saturated carbocycles. The third kappa shape index (κ3) is 5.20. The van der Waals surface area contributed by atoms with Crippen molar-refractivity contribution in [2.75, 3.05) is 12.0 Å². The molecular weight excluding hydrogens is 445 g/mol. The van der Waals surface area contributed by atoms with E-state index in [9.17, 15) is 27.2 Å². The maximum atomic E-state index is 13.7. The Morgan fingerprint density at radius 1 is 0.909 bits per heavy atom. The van der Waals surface area contributed by atoms with Crippen LogP contribution in [0.2, 0.25) is 0 Å². The van der Waals surface area contributed by atoms with Crippen LogP contribution < -0.4 is 14.9 Å². The summed E-state index contributed by atoms with van der Waals surface area (Å²) in [7, 11) is 0. The van der Waals surface area contributed by atoms with Gasteiger partial charge in [0.25, 0.3) is 0 Å². The first kappa shape index (κ1) is 23.5. The van der Waals surface area contributed by atoms with Crippen LogP contribution in [0.5, 0.6) is 11.5 Å². The highest BCUT2D eigenvalue weighted by Gasteiger charge is 2.25. The van der Waals surface area contributed by atoms with Crippen molar-refractivity contribution in [3.8, 4) is 17.6 Å². The summed E-state index contributed by atoms with van der Waals surface area (Å²) in [5, 5.41) is 12.7. The predicted octanol–water partition coefficient (Wildman–Crippen LogP) is 5.68. The molecule has 0 aliphatic carbocycles. The van der Waals surface area contributed by atoms with E-state index in [4.69, 9.17) is 9.47 Å². The fourth-order valence-electron chi connectivity index (χ4n) is 2.78. The molecule has 0 heterocycles. The first-order valence-electron chi connectivity index (χ1n) is 9.55. The summed E-state index contributed by atoms with van der Waals surface area (Å²) < 4.78 is 78.4. The first-order valence-corrected chi connectivity index (χ1v) is 9.55. The molecular formula is C23H16F5N3O2. The van der Waals surface area contributed by atoms with Crippen molar-refractivity contribution in [3.63, 3.8) is 0 Å². The Morgan fingerprint density at radius 3 is 2.24 bits per heavy atom. The lowest BCUT2D eigenvalue weighted by atomic mass is 10.1. The molecule has 0 fully saturated rings. The van der Waals surface area contributed by atoms with E-state index in [1.54, 1.807) is 37.3 Å². The van der Waals surface area contributed by atoms with Gasteiger partial charge in [-0.05, 0) is 36.8 Å². The zero-order valence-electron chi connectivity index (χ0n) is 17.1. The molecule has 0 atom stereocenters. The van der Waals surface area contributed by atoms with Gasteiger partial charge in [0, 0.05) is 5.56 Å². The number of nitriles is 1. The fourth-order valence-corrected chi connectivity index (χ4v) is 2.78. The number of nitrogens with one attached hydrogen (secondary N) is 1.